The minimum Gasteiger partial charge on any atom is -0.338 e. The number of carbonyl (C=O) groups is 2. The molecule has 2 atom stereocenters. The van der Waals surface area contributed by atoms with Crippen molar-refractivity contribution in [3.8, 4) is 0 Å². The number of benzene rings is 3. The van der Waals surface area contributed by atoms with E-state index in [9.17, 15) is 14.4 Å². The molecule has 2 aliphatic rings. The van der Waals surface area contributed by atoms with Gasteiger partial charge in [0, 0.05) is 42.5 Å². The molecule has 7 heteroatoms. The molecular formula is C29H26N4O3. The van der Waals surface area contributed by atoms with E-state index in [4.69, 9.17) is 0 Å². The average molecular weight is 479 g/mol. The molecule has 0 saturated carbocycles. The first kappa shape index (κ1) is 22.1. The minimum atomic E-state index is -0.456. The molecule has 6 rings (SSSR count). The van der Waals surface area contributed by atoms with Crippen LogP contribution in [0.2, 0.25) is 0 Å². The molecule has 1 fully saturated rings. The van der Waals surface area contributed by atoms with E-state index in [0.29, 0.717) is 30.9 Å². The summed E-state index contributed by atoms with van der Waals surface area (Å²) >= 11 is 0. The Hall–Kier alpha value is -4.39. The fourth-order valence-electron chi connectivity index (χ4n) is 5.52. The maximum Gasteiger partial charge on any atom is 0.323 e. The fraction of sp³-hybridized carbons (Fsp3) is 0.207. The number of urea groups is 1. The maximum absolute atomic E-state index is 13.4. The largest absolute Gasteiger partial charge is 0.338 e. The summed E-state index contributed by atoms with van der Waals surface area (Å²) in [5.41, 5.74) is 2.30. The van der Waals surface area contributed by atoms with E-state index in [1.165, 1.54) is 0 Å². The van der Waals surface area contributed by atoms with Crippen molar-refractivity contribution >= 4 is 34.1 Å². The molecule has 7 nitrogen and oxygen atoms in total. The van der Waals surface area contributed by atoms with Crippen molar-refractivity contribution in [2.75, 3.05) is 23.7 Å². The van der Waals surface area contributed by atoms with Gasteiger partial charge in [-0.15, -0.1) is 0 Å². The van der Waals surface area contributed by atoms with Crippen molar-refractivity contribution < 1.29 is 9.59 Å². The number of para-hydroxylation sites is 1. The van der Waals surface area contributed by atoms with Gasteiger partial charge in [0.25, 0.3) is 11.5 Å². The molecule has 3 heterocycles. The normalized spacial score (nSPS) is 18.4. The molecule has 36 heavy (non-hydrogen) atoms. The second kappa shape index (κ2) is 9.00. The van der Waals surface area contributed by atoms with Crippen molar-refractivity contribution in [3.05, 3.63) is 107 Å². The van der Waals surface area contributed by atoms with Crippen LogP contribution in [0.3, 0.4) is 0 Å². The summed E-state index contributed by atoms with van der Waals surface area (Å²) in [5.74, 6) is 0.302. The summed E-state index contributed by atoms with van der Waals surface area (Å²) in [6, 6.07) is 26.1. The van der Waals surface area contributed by atoms with Crippen molar-refractivity contribution in [2.45, 2.75) is 18.9 Å². The number of piperidine rings is 1. The van der Waals surface area contributed by atoms with Gasteiger partial charge in [0.15, 0.2) is 0 Å². The summed E-state index contributed by atoms with van der Waals surface area (Å²) in [4.78, 5) is 41.0. The molecule has 0 spiro atoms. The summed E-state index contributed by atoms with van der Waals surface area (Å²) in [6.45, 7) is 1.71. The summed E-state index contributed by atoms with van der Waals surface area (Å²) in [6.07, 6.45) is 0.947. The number of rotatable bonds is 3. The van der Waals surface area contributed by atoms with Gasteiger partial charge >= 0.3 is 6.03 Å². The zero-order valence-corrected chi connectivity index (χ0v) is 19.7. The number of pyridine rings is 1. The van der Waals surface area contributed by atoms with E-state index >= 15 is 0 Å². The SMILES string of the molecule is O=C(Nc1ccccc1)Nc1ccc2n(c1=O)C[C@@H]1C[C@H]2CN(C(=O)c2ccc3ccccc3c2)C1. The molecule has 0 unspecified atom stereocenters. The Bertz CT molecular complexity index is 1530. The highest BCUT2D eigenvalue weighted by molar-refractivity contribution is 6.00. The first-order valence-corrected chi connectivity index (χ1v) is 12.2. The topological polar surface area (TPSA) is 83.4 Å². The quantitative estimate of drug-likeness (QED) is 0.439. The second-order valence-corrected chi connectivity index (χ2v) is 9.60. The summed E-state index contributed by atoms with van der Waals surface area (Å²) in [5, 5.41) is 7.59. The standard InChI is InChI=1S/C29H26N4O3/c34-27(22-11-10-20-6-4-5-7-21(20)15-22)32-16-19-14-23(18-32)26-13-12-25(28(35)33(26)17-19)31-29(36)30-24-8-2-1-3-9-24/h1-13,15,19,23H,14,16-18H2,(H2,30,31,36)/t19-,23+/m1/s1. The number of nitrogens with one attached hydrogen (secondary N) is 2. The van der Waals surface area contributed by atoms with Gasteiger partial charge in [0.05, 0.1) is 0 Å². The van der Waals surface area contributed by atoms with Crippen molar-refractivity contribution in [1.82, 2.24) is 9.47 Å². The van der Waals surface area contributed by atoms with Gasteiger partial charge in [-0.05, 0) is 59.5 Å². The predicted molar refractivity (Wildman–Crippen MR) is 140 cm³/mol. The number of hydrogen-bond donors (Lipinski definition) is 2. The van der Waals surface area contributed by atoms with Crippen LogP contribution in [0, 0.1) is 5.92 Å². The van der Waals surface area contributed by atoms with E-state index in [-0.39, 0.29) is 29.0 Å². The lowest BCUT2D eigenvalue weighted by Crippen LogP contribution is -2.49. The Labute approximate surface area is 208 Å². The van der Waals surface area contributed by atoms with Crippen LogP contribution < -0.4 is 16.2 Å². The average Bonchev–Trinajstić information content (AvgIpc) is 2.90. The predicted octanol–water partition coefficient (Wildman–Crippen LogP) is 4.91. The van der Waals surface area contributed by atoms with Crippen molar-refractivity contribution in [2.24, 2.45) is 5.92 Å². The van der Waals surface area contributed by atoms with Crippen LogP contribution in [0.25, 0.3) is 10.8 Å². The molecule has 2 bridgehead atoms. The number of fused-ring (bicyclic) bond motifs is 5. The first-order chi connectivity index (χ1) is 17.5. The van der Waals surface area contributed by atoms with E-state index in [0.717, 1.165) is 22.9 Å². The van der Waals surface area contributed by atoms with Crippen LogP contribution in [0.1, 0.15) is 28.4 Å². The van der Waals surface area contributed by atoms with Crippen LogP contribution in [0.15, 0.2) is 89.7 Å². The monoisotopic (exact) mass is 478 g/mol. The molecule has 0 radical (unpaired) electrons. The minimum absolute atomic E-state index is 0.0297. The molecular weight excluding hydrogens is 452 g/mol. The van der Waals surface area contributed by atoms with E-state index in [1.807, 2.05) is 71.6 Å². The molecule has 1 aromatic heterocycles. The lowest BCUT2D eigenvalue weighted by Gasteiger charge is -2.43. The molecule has 180 valence electrons. The van der Waals surface area contributed by atoms with E-state index in [2.05, 4.69) is 10.6 Å². The molecule has 0 aliphatic carbocycles. The Morgan fingerprint density at radius 3 is 2.39 bits per heavy atom. The number of aromatic nitrogens is 1. The third-order valence-corrected chi connectivity index (χ3v) is 7.17. The molecule has 3 aromatic carbocycles. The molecule has 1 saturated heterocycles. The number of likely N-dealkylation sites (tertiary alicyclic amines) is 1. The van der Waals surface area contributed by atoms with Crippen LogP contribution >= 0.6 is 0 Å². The molecule has 4 aromatic rings. The lowest BCUT2D eigenvalue weighted by molar-refractivity contribution is 0.0595. The second-order valence-electron chi connectivity index (χ2n) is 9.60. The Morgan fingerprint density at radius 1 is 0.778 bits per heavy atom. The highest BCUT2D eigenvalue weighted by Crippen LogP contribution is 2.36. The van der Waals surface area contributed by atoms with E-state index in [1.54, 1.807) is 22.8 Å². The Kier molecular flexibility index (Phi) is 5.52. The fourth-order valence-corrected chi connectivity index (χ4v) is 5.52. The molecule has 3 amide bonds. The maximum atomic E-state index is 13.4. The number of hydrogen-bond acceptors (Lipinski definition) is 3. The van der Waals surface area contributed by atoms with Gasteiger partial charge in [-0.1, -0.05) is 48.5 Å². The van der Waals surface area contributed by atoms with Gasteiger partial charge in [-0.25, -0.2) is 4.79 Å². The first-order valence-electron chi connectivity index (χ1n) is 12.2. The lowest BCUT2D eigenvalue weighted by atomic mass is 9.83. The number of amides is 3. The van der Waals surface area contributed by atoms with Crippen LogP contribution in [0.4, 0.5) is 16.2 Å². The zero-order valence-electron chi connectivity index (χ0n) is 19.7. The Morgan fingerprint density at radius 2 is 1.56 bits per heavy atom. The number of carbonyl (C=O) groups excluding carboxylic acids is 2. The summed E-state index contributed by atoms with van der Waals surface area (Å²) < 4.78 is 1.77. The van der Waals surface area contributed by atoms with Gasteiger partial charge in [-0.2, -0.15) is 0 Å². The Balaban J connectivity index is 1.20. The van der Waals surface area contributed by atoms with Crippen LogP contribution in [-0.2, 0) is 6.54 Å². The smallest absolute Gasteiger partial charge is 0.323 e. The van der Waals surface area contributed by atoms with Crippen LogP contribution in [0.5, 0.6) is 0 Å². The zero-order chi connectivity index (χ0) is 24.6. The number of anilines is 2. The number of nitrogens with zero attached hydrogens (tertiary/aromatic N) is 2. The van der Waals surface area contributed by atoms with Crippen molar-refractivity contribution in [1.29, 1.82) is 0 Å². The van der Waals surface area contributed by atoms with Crippen molar-refractivity contribution in [3.63, 3.8) is 0 Å². The van der Waals surface area contributed by atoms with Gasteiger partial charge in [0.1, 0.15) is 5.69 Å². The van der Waals surface area contributed by atoms with Gasteiger partial charge in [0.2, 0.25) is 0 Å². The highest BCUT2D eigenvalue weighted by atomic mass is 16.2. The van der Waals surface area contributed by atoms with E-state index < -0.39 is 6.03 Å². The molecule has 2 N–H and O–H groups in total. The van der Waals surface area contributed by atoms with Gasteiger partial charge < -0.3 is 20.1 Å². The third kappa shape index (κ3) is 4.13. The summed E-state index contributed by atoms with van der Waals surface area (Å²) in [7, 11) is 0. The highest BCUT2D eigenvalue weighted by Gasteiger charge is 2.37. The van der Waals surface area contributed by atoms with Crippen LogP contribution in [-0.4, -0.2) is 34.5 Å². The molecule has 2 aliphatic heterocycles. The van der Waals surface area contributed by atoms with Gasteiger partial charge in [-0.3, -0.25) is 9.59 Å². The third-order valence-electron chi connectivity index (χ3n) is 7.17.